The third-order valence-corrected chi connectivity index (χ3v) is 11.5. The predicted octanol–water partition coefficient (Wildman–Crippen LogP) is 6.60. The van der Waals surface area contributed by atoms with Crippen LogP contribution in [-0.4, -0.2) is 47.1 Å². The Kier molecular flexibility index (Phi) is 7.55. The van der Waals surface area contributed by atoms with Gasteiger partial charge in [0.1, 0.15) is 0 Å². The maximum absolute atomic E-state index is 16.1. The Hall–Kier alpha value is -3.37. The number of aryl methyl sites for hydroxylation is 1. The molecule has 10 heteroatoms. The highest BCUT2D eigenvalue weighted by Crippen LogP contribution is 2.61. The Labute approximate surface area is 251 Å². The minimum absolute atomic E-state index is 0.0970. The summed E-state index contributed by atoms with van der Waals surface area (Å²) in [5.74, 6) is -0.936. The van der Waals surface area contributed by atoms with E-state index in [0.29, 0.717) is 34.9 Å². The van der Waals surface area contributed by atoms with Crippen LogP contribution in [0.25, 0.3) is 0 Å². The zero-order valence-electron chi connectivity index (χ0n) is 23.8. The van der Waals surface area contributed by atoms with E-state index in [0.717, 1.165) is 11.3 Å². The van der Waals surface area contributed by atoms with Crippen LogP contribution in [0.5, 0.6) is 0 Å². The lowest BCUT2D eigenvalue weighted by Crippen LogP contribution is -2.44. The van der Waals surface area contributed by atoms with Gasteiger partial charge in [-0.1, -0.05) is 72.3 Å². The number of fused-ring (bicyclic) bond motifs is 2. The summed E-state index contributed by atoms with van der Waals surface area (Å²) >= 11 is 6.47. The van der Waals surface area contributed by atoms with Crippen molar-refractivity contribution in [2.75, 3.05) is 11.5 Å². The number of carbonyl (C=O) groups is 1. The average Bonchev–Trinajstić information content (AvgIpc) is 3.63. The number of aliphatic hydroxyl groups excluding tert-OH is 1. The summed E-state index contributed by atoms with van der Waals surface area (Å²) in [6.45, 7) is 5.65. The van der Waals surface area contributed by atoms with Crippen LogP contribution < -0.4 is 4.90 Å². The number of halogens is 2. The number of aliphatic hydroxyl groups is 1. The molecule has 1 amide bonds. The highest BCUT2D eigenvalue weighted by Gasteiger charge is 2.66. The van der Waals surface area contributed by atoms with Gasteiger partial charge in [-0.2, -0.15) is 0 Å². The number of hydrogen-bond donors (Lipinski definition) is 1. The lowest BCUT2D eigenvalue weighted by Gasteiger charge is -2.31. The van der Waals surface area contributed by atoms with Gasteiger partial charge in [0.2, 0.25) is 8.41 Å². The van der Waals surface area contributed by atoms with E-state index in [2.05, 4.69) is 10.3 Å². The van der Waals surface area contributed by atoms with E-state index in [4.69, 9.17) is 16.3 Å². The van der Waals surface area contributed by atoms with Crippen LogP contribution in [0.2, 0.25) is 23.7 Å². The number of benzene rings is 3. The molecule has 1 N–H and O–H groups in total. The van der Waals surface area contributed by atoms with Gasteiger partial charge in [-0.15, -0.1) is 5.10 Å². The van der Waals surface area contributed by atoms with Crippen LogP contribution in [-0.2, 0) is 21.7 Å². The first-order chi connectivity index (χ1) is 20.1. The number of anilines is 2. The van der Waals surface area contributed by atoms with E-state index in [1.54, 1.807) is 34.8 Å². The van der Waals surface area contributed by atoms with Gasteiger partial charge in [0.15, 0.2) is 5.60 Å². The number of carbonyl (C=O) groups excluding carboxylic acids is 1. The van der Waals surface area contributed by atoms with Crippen LogP contribution in [0.15, 0.2) is 85.1 Å². The van der Waals surface area contributed by atoms with Crippen molar-refractivity contribution in [3.63, 3.8) is 0 Å². The number of aromatic nitrogens is 3. The molecule has 0 saturated carbocycles. The molecule has 2 aliphatic heterocycles. The minimum atomic E-state index is -3.32. The SMILES string of the molecule is C[C@H]1[C@H]([Si](C)(C)F)[C@@H](CCn2cc(C(CO)c3ccccc3)nn2)O[C@]12C(=O)N(c1ccccc1)c1ccc(Cl)cc12. The largest absolute Gasteiger partial charge is 0.395 e. The maximum Gasteiger partial charge on any atom is 0.268 e. The second-order valence-corrected chi connectivity index (χ2v) is 16.0. The van der Waals surface area contributed by atoms with Gasteiger partial charge in [-0.25, -0.2) is 0 Å². The third kappa shape index (κ3) is 4.78. The zero-order valence-corrected chi connectivity index (χ0v) is 25.6. The second kappa shape index (κ2) is 11.0. The standard InChI is InChI=1S/C32H34ClFN4O3Si/c1-21-30(42(2,3)34)29(16-17-37-19-27(35-36-37)25(20-39)22-10-6-4-7-11-22)41-32(21)26-18-23(33)14-15-28(26)38(31(32)40)24-12-8-5-9-13-24/h4-15,18-19,21,25,29-30,39H,16-17,20H2,1-3H3/t21-,25?,29+,30-,32+/m0/s1. The molecule has 5 atom stereocenters. The lowest BCUT2D eigenvalue weighted by atomic mass is 9.82. The Morgan fingerprint density at radius 3 is 2.45 bits per heavy atom. The summed E-state index contributed by atoms with van der Waals surface area (Å²) in [5.41, 5.74) is 1.92. The van der Waals surface area contributed by atoms with E-state index >= 15 is 4.11 Å². The smallest absolute Gasteiger partial charge is 0.268 e. The normalized spacial score (nSPS) is 24.4. The summed E-state index contributed by atoms with van der Waals surface area (Å²) in [5, 5.41) is 19.2. The lowest BCUT2D eigenvalue weighted by molar-refractivity contribution is -0.145. The predicted molar refractivity (Wildman–Crippen MR) is 163 cm³/mol. The van der Waals surface area contributed by atoms with E-state index in [1.807, 2.05) is 79.9 Å². The summed E-state index contributed by atoms with van der Waals surface area (Å²) < 4.78 is 24.7. The van der Waals surface area contributed by atoms with Crippen molar-refractivity contribution in [2.24, 2.45) is 5.92 Å². The van der Waals surface area contributed by atoms with Gasteiger partial charge < -0.3 is 14.0 Å². The molecule has 3 aromatic carbocycles. The molecule has 0 radical (unpaired) electrons. The number of rotatable bonds is 8. The van der Waals surface area contributed by atoms with E-state index in [1.165, 1.54) is 0 Å². The quantitative estimate of drug-likeness (QED) is 0.181. The molecule has 3 heterocycles. The Morgan fingerprint density at radius 2 is 1.79 bits per heavy atom. The topological polar surface area (TPSA) is 80.5 Å². The van der Waals surface area contributed by atoms with Gasteiger partial charge in [-0.05, 0) is 55.4 Å². The molecule has 1 unspecified atom stereocenters. The number of amides is 1. The molecule has 2 aliphatic rings. The van der Waals surface area contributed by atoms with Crippen molar-refractivity contribution in [1.82, 2.24) is 15.0 Å². The molecular weight excluding hydrogens is 571 g/mol. The fourth-order valence-corrected chi connectivity index (χ4v) is 9.66. The molecule has 1 spiro atoms. The van der Waals surface area contributed by atoms with Crippen LogP contribution in [0, 0.1) is 5.92 Å². The number of nitrogens with zero attached hydrogens (tertiary/aromatic N) is 4. The number of para-hydroxylation sites is 1. The molecule has 7 nitrogen and oxygen atoms in total. The van der Waals surface area contributed by atoms with Gasteiger partial charge in [0, 0.05) is 40.5 Å². The first-order valence-electron chi connectivity index (χ1n) is 14.3. The van der Waals surface area contributed by atoms with Crippen molar-refractivity contribution < 1.29 is 18.7 Å². The Bertz CT molecular complexity index is 1580. The highest BCUT2D eigenvalue weighted by atomic mass is 35.5. The molecule has 218 valence electrons. The molecule has 0 aliphatic carbocycles. The molecule has 1 aromatic heterocycles. The van der Waals surface area contributed by atoms with E-state index < -0.39 is 31.6 Å². The Morgan fingerprint density at radius 1 is 1.10 bits per heavy atom. The summed E-state index contributed by atoms with van der Waals surface area (Å²) in [6, 6.07) is 24.5. The first kappa shape index (κ1) is 28.7. The van der Waals surface area contributed by atoms with Crippen molar-refractivity contribution in [3.05, 3.63) is 107 Å². The molecule has 0 bridgehead atoms. The van der Waals surface area contributed by atoms with Gasteiger partial charge in [0.05, 0.1) is 30.0 Å². The van der Waals surface area contributed by atoms with E-state index in [9.17, 15) is 9.90 Å². The van der Waals surface area contributed by atoms with E-state index in [-0.39, 0.29) is 18.4 Å². The molecular formula is C32H34ClFN4O3Si. The average molecular weight is 605 g/mol. The highest BCUT2D eigenvalue weighted by molar-refractivity contribution is 6.72. The molecule has 4 aromatic rings. The fraction of sp³-hybridized carbons (Fsp3) is 0.344. The van der Waals surface area contributed by atoms with Gasteiger partial charge in [-0.3, -0.25) is 14.4 Å². The second-order valence-electron chi connectivity index (χ2n) is 11.7. The van der Waals surface area contributed by atoms with Crippen LogP contribution in [0.4, 0.5) is 15.5 Å². The Balaban J connectivity index is 1.32. The van der Waals surface area contributed by atoms with Gasteiger partial charge >= 0.3 is 0 Å². The van der Waals surface area contributed by atoms with Gasteiger partial charge in [0.25, 0.3) is 5.91 Å². The summed E-state index contributed by atoms with van der Waals surface area (Å²) in [6.07, 6.45) is 1.75. The number of hydrogen-bond acceptors (Lipinski definition) is 5. The fourth-order valence-electron chi connectivity index (χ4n) is 6.94. The van der Waals surface area contributed by atoms with Crippen molar-refractivity contribution in [1.29, 1.82) is 0 Å². The zero-order chi connectivity index (χ0) is 29.6. The van der Waals surface area contributed by atoms with Crippen molar-refractivity contribution in [2.45, 2.75) is 56.1 Å². The van der Waals surface area contributed by atoms with Crippen LogP contribution >= 0.6 is 11.6 Å². The minimum Gasteiger partial charge on any atom is -0.395 e. The third-order valence-electron chi connectivity index (χ3n) is 8.79. The maximum atomic E-state index is 16.1. The monoisotopic (exact) mass is 604 g/mol. The molecule has 1 saturated heterocycles. The summed E-state index contributed by atoms with van der Waals surface area (Å²) in [4.78, 5) is 16.1. The van der Waals surface area contributed by atoms with Crippen molar-refractivity contribution >= 4 is 37.3 Å². The van der Waals surface area contributed by atoms with Crippen LogP contribution in [0.1, 0.15) is 36.1 Å². The van der Waals surface area contributed by atoms with Crippen LogP contribution in [0.3, 0.4) is 0 Å². The van der Waals surface area contributed by atoms with Crippen molar-refractivity contribution in [3.8, 4) is 0 Å². The molecule has 6 rings (SSSR count). The first-order valence-corrected chi connectivity index (χ1v) is 17.6. The summed E-state index contributed by atoms with van der Waals surface area (Å²) in [7, 11) is -3.32. The number of ether oxygens (including phenoxy) is 1. The molecule has 42 heavy (non-hydrogen) atoms. The molecule has 1 fully saturated rings.